The number of thiophene rings is 1. The molecule has 0 aromatic carbocycles. The predicted octanol–water partition coefficient (Wildman–Crippen LogP) is 2.78. The van der Waals surface area contributed by atoms with Gasteiger partial charge in [-0.2, -0.15) is 4.31 Å². The smallest absolute Gasteiger partial charge is 0.244 e. The van der Waals surface area contributed by atoms with Crippen molar-refractivity contribution in [3.8, 4) is 0 Å². The van der Waals surface area contributed by atoms with Gasteiger partial charge in [-0.25, -0.2) is 8.42 Å². The van der Waals surface area contributed by atoms with E-state index in [4.69, 9.17) is 0 Å². The Labute approximate surface area is 128 Å². The SMILES string of the molecule is CCCN(CCN(C)C)S(=O)(=O)c1cc(Br)sc1C. The Balaban J connectivity index is 3.02. The second-order valence-corrected chi connectivity index (χ2v) is 9.22. The average molecular weight is 369 g/mol. The van der Waals surface area contributed by atoms with E-state index in [0.29, 0.717) is 18.0 Å². The number of aryl methyl sites for hydroxylation is 1. The molecule has 4 nitrogen and oxygen atoms in total. The summed E-state index contributed by atoms with van der Waals surface area (Å²) in [5.74, 6) is 0. The van der Waals surface area contributed by atoms with Crippen LogP contribution in [0.5, 0.6) is 0 Å². The Kier molecular flexibility index (Phi) is 6.46. The molecule has 7 heteroatoms. The highest BCUT2D eigenvalue weighted by molar-refractivity contribution is 9.11. The summed E-state index contributed by atoms with van der Waals surface area (Å²) in [7, 11) is 0.514. The molecule has 0 radical (unpaired) electrons. The van der Waals surface area contributed by atoms with Gasteiger partial charge in [0.25, 0.3) is 0 Å². The first-order valence-corrected chi connectivity index (χ1v) is 9.24. The lowest BCUT2D eigenvalue weighted by molar-refractivity contribution is 0.333. The van der Waals surface area contributed by atoms with Crippen LogP contribution in [-0.4, -0.2) is 51.4 Å². The molecular weight excluding hydrogens is 348 g/mol. The minimum Gasteiger partial charge on any atom is -0.308 e. The number of halogens is 1. The predicted molar refractivity (Wildman–Crippen MR) is 84.4 cm³/mol. The number of rotatable bonds is 7. The Bertz CT molecular complexity index is 512. The molecule has 0 aliphatic carbocycles. The van der Waals surface area contributed by atoms with E-state index in [0.717, 1.165) is 21.6 Å². The number of hydrogen-bond acceptors (Lipinski definition) is 4. The summed E-state index contributed by atoms with van der Waals surface area (Å²) in [5, 5.41) is 0. The molecule has 0 saturated heterocycles. The van der Waals surface area contributed by atoms with Gasteiger partial charge in [0.2, 0.25) is 10.0 Å². The monoisotopic (exact) mass is 368 g/mol. The number of hydrogen-bond donors (Lipinski definition) is 0. The lowest BCUT2D eigenvalue weighted by Gasteiger charge is -2.23. The molecule has 1 aromatic rings. The lowest BCUT2D eigenvalue weighted by Crippen LogP contribution is -2.37. The van der Waals surface area contributed by atoms with Crippen LogP contribution in [-0.2, 0) is 10.0 Å². The standard InChI is InChI=1S/C12H21BrN2O2S2/c1-5-6-15(8-7-14(3)4)19(16,17)11-9-12(13)18-10(11)2/h9H,5-8H2,1-4H3. The van der Waals surface area contributed by atoms with Gasteiger partial charge in [-0.1, -0.05) is 6.92 Å². The number of likely N-dealkylation sites (N-methyl/N-ethyl adjacent to an activating group) is 1. The van der Waals surface area contributed by atoms with Crippen molar-refractivity contribution < 1.29 is 8.42 Å². The number of sulfonamides is 1. The molecule has 0 atom stereocenters. The summed E-state index contributed by atoms with van der Waals surface area (Å²) >= 11 is 4.81. The van der Waals surface area contributed by atoms with E-state index in [-0.39, 0.29) is 0 Å². The quantitative estimate of drug-likeness (QED) is 0.742. The van der Waals surface area contributed by atoms with Crippen LogP contribution >= 0.6 is 27.3 Å². The molecule has 0 N–H and O–H groups in total. The molecular formula is C12H21BrN2O2S2. The first-order chi connectivity index (χ1) is 8.78. The van der Waals surface area contributed by atoms with E-state index in [1.54, 1.807) is 10.4 Å². The van der Waals surface area contributed by atoms with E-state index in [1.807, 2.05) is 32.8 Å². The Hall–Kier alpha value is 0.0500. The average Bonchev–Trinajstić information content (AvgIpc) is 2.64. The molecule has 0 fully saturated rings. The molecule has 110 valence electrons. The van der Waals surface area contributed by atoms with Crippen LogP contribution in [0.3, 0.4) is 0 Å². The molecule has 1 heterocycles. The molecule has 0 unspecified atom stereocenters. The maximum atomic E-state index is 12.7. The summed E-state index contributed by atoms with van der Waals surface area (Å²) in [6.07, 6.45) is 0.816. The van der Waals surface area contributed by atoms with E-state index < -0.39 is 10.0 Å². The minimum atomic E-state index is -3.38. The maximum absolute atomic E-state index is 12.7. The van der Waals surface area contributed by atoms with Crippen molar-refractivity contribution in [2.75, 3.05) is 33.7 Å². The van der Waals surface area contributed by atoms with Crippen molar-refractivity contribution in [3.63, 3.8) is 0 Å². The van der Waals surface area contributed by atoms with Crippen LogP contribution in [0.25, 0.3) is 0 Å². The summed E-state index contributed by atoms with van der Waals surface area (Å²) in [4.78, 5) is 3.25. The Morgan fingerprint density at radius 3 is 2.32 bits per heavy atom. The zero-order chi connectivity index (χ0) is 14.6. The molecule has 0 aliphatic rings. The molecule has 1 rings (SSSR count). The molecule has 0 amide bonds. The fourth-order valence-corrected chi connectivity index (χ4v) is 5.65. The van der Waals surface area contributed by atoms with Gasteiger partial charge in [-0.05, 0) is 49.4 Å². The zero-order valence-electron chi connectivity index (χ0n) is 11.8. The largest absolute Gasteiger partial charge is 0.308 e. The molecule has 0 aliphatic heterocycles. The highest BCUT2D eigenvalue weighted by Crippen LogP contribution is 2.31. The van der Waals surface area contributed by atoms with Gasteiger partial charge in [0.05, 0.1) is 8.68 Å². The van der Waals surface area contributed by atoms with Crippen LogP contribution in [0.2, 0.25) is 0 Å². The molecule has 0 saturated carbocycles. The van der Waals surface area contributed by atoms with Crippen molar-refractivity contribution in [2.45, 2.75) is 25.2 Å². The van der Waals surface area contributed by atoms with E-state index in [9.17, 15) is 8.42 Å². The zero-order valence-corrected chi connectivity index (χ0v) is 15.0. The Morgan fingerprint density at radius 2 is 1.89 bits per heavy atom. The molecule has 1 aromatic heterocycles. The molecule has 0 bridgehead atoms. The number of nitrogens with zero attached hydrogens (tertiary/aromatic N) is 2. The van der Waals surface area contributed by atoms with Gasteiger partial charge in [-0.15, -0.1) is 11.3 Å². The van der Waals surface area contributed by atoms with Gasteiger partial charge in [0, 0.05) is 24.5 Å². The van der Waals surface area contributed by atoms with Gasteiger partial charge >= 0.3 is 0 Å². The second kappa shape index (κ2) is 7.17. The topological polar surface area (TPSA) is 40.6 Å². The normalized spacial score (nSPS) is 12.6. The van der Waals surface area contributed by atoms with Crippen molar-refractivity contribution in [3.05, 3.63) is 14.7 Å². The third kappa shape index (κ3) is 4.53. The third-order valence-electron chi connectivity index (χ3n) is 2.73. The van der Waals surface area contributed by atoms with Crippen LogP contribution in [0.4, 0.5) is 0 Å². The van der Waals surface area contributed by atoms with Crippen molar-refractivity contribution in [2.24, 2.45) is 0 Å². The van der Waals surface area contributed by atoms with E-state index in [2.05, 4.69) is 15.9 Å². The van der Waals surface area contributed by atoms with Gasteiger partial charge in [0.1, 0.15) is 0 Å². The van der Waals surface area contributed by atoms with Crippen LogP contribution < -0.4 is 0 Å². The Morgan fingerprint density at radius 1 is 1.26 bits per heavy atom. The van der Waals surface area contributed by atoms with Crippen LogP contribution in [0.15, 0.2) is 14.7 Å². The first-order valence-electron chi connectivity index (χ1n) is 6.19. The highest BCUT2D eigenvalue weighted by atomic mass is 79.9. The first kappa shape index (κ1) is 17.1. The van der Waals surface area contributed by atoms with Crippen molar-refractivity contribution >= 4 is 37.3 Å². The van der Waals surface area contributed by atoms with E-state index >= 15 is 0 Å². The molecule has 0 spiro atoms. The van der Waals surface area contributed by atoms with Gasteiger partial charge < -0.3 is 4.90 Å². The third-order valence-corrected chi connectivity index (χ3v) is 6.44. The molecule has 19 heavy (non-hydrogen) atoms. The fraction of sp³-hybridized carbons (Fsp3) is 0.667. The summed E-state index contributed by atoms with van der Waals surface area (Å²) in [6, 6.07) is 1.70. The van der Waals surface area contributed by atoms with Gasteiger partial charge in [-0.3, -0.25) is 0 Å². The highest BCUT2D eigenvalue weighted by Gasteiger charge is 2.26. The van der Waals surface area contributed by atoms with Crippen molar-refractivity contribution in [1.29, 1.82) is 0 Å². The summed E-state index contributed by atoms with van der Waals surface area (Å²) in [5.41, 5.74) is 0. The van der Waals surface area contributed by atoms with Crippen LogP contribution in [0, 0.1) is 6.92 Å². The summed E-state index contributed by atoms with van der Waals surface area (Å²) in [6.45, 7) is 5.65. The lowest BCUT2D eigenvalue weighted by atomic mass is 10.4. The summed E-state index contributed by atoms with van der Waals surface area (Å²) < 4.78 is 27.8. The second-order valence-electron chi connectivity index (χ2n) is 4.68. The van der Waals surface area contributed by atoms with Gasteiger partial charge in [0.15, 0.2) is 0 Å². The van der Waals surface area contributed by atoms with Crippen molar-refractivity contribution in [1.82, 2.24) is 9.21 Å². The maximum Gasteiger partial charge on any atom is 0.244 e. The minimum absolute atomic E-state index is 0.427. The fourth-order valence-electron chi connectivity index (χ4n) is 1.74. The van der Waals surface area contributed by atoms with Crippen LogP contribution in [0.1, 0.15) is 18.2 Å². The van der Waals surface area contributed by atoms with E-state index in [1.165, 1.54) is 11.3 Å².